The van der Waals surface area contributed by atoms with Gasteiger partial charge < -0.3 is 9.47 Å². The van der Waals surface area contributed by atoms with E-state index in [1.165, 1.54) is 0 Å². The molecule has 1 aromatic rings. The van der Waals surface area contributed by atoms with E-state index < -0.39 is 0 Å². The first-order valence-corrected chi connectivity index (χ1v) is 6.83. The van der Waals surface area contributed by atoms with Crippen LogP contribution in [0.5, 0.6) is 5.88 Å². The summed E-state index contributed by atoms with van der Waals surface area (Å²) in [5.74, 6) is 0.340. The Bertz CT molecular complexity index is 476. The summed E-state index contributed by atoms with van der Waals surface area (Å²) < 4.78 is 11.1. The van der Waals surface area contributed by atoms with Crippen LogP contribution in [0, 0.1) is 11.3 Å². The topological polar surface area (TPSA) is 68.0 Å². The molecule has 0 aliphatic carbocycles. The largest absolute Gasteiger partial charge is 0.473 e. The lowest BCUT2D eigenvalue weighted by Gasteiger charge is -2.13. The van der Waals surface area contributed by atoms with Gasteiger partial charge in [-0.1, -0.05) is 13.8 Å². The third kappa shape index (κ3) is 3.02. The fourth-order valence-corrected chi connectivity index (χ4v) is 2.32. The molecule has 0 radical (unpaired) electrons. The van der Waals surface area contributed by atoms with Gasteiger partial charge in [0.1, 0.15) is 18.2 Å². The van der Waals surface area contributed by atoms with Crippen molar-refractivity contribution < 1.29 is 9.47 Å². The van der Waals surface area contributed by atoms with E-state index in [0.717, 1.165) is 43.5 Å². The molecule has 1 unspecified atom stereocenters. The highest BCUT2D eigenvalue weighted by Gasteiger charge is 2.19. The Kier molecular flexibility index (Phi) is 4.69. The molecule has 0 spiro atoms. The van der Waals surface area contributed by atoms with Gasteiger partial charge in [0.15, 0.2) is 0 Å². The molecule has 1 aliphatic rings. The van der Waals surface area contributed by atoms with E-state index in [-0.39, 0.29) is 6.10 Å². The van der Waals surface area contributed by atoms with E-state index in [1.807, 2.05) is 13.8 Å². The molecule has 1 fully saturated rings. The summed E-state index contributed by atoms with van der Waals surface area (Å²) in [7, 11) is 0. The second-order valence-corrected chi connectivity index (χ2v) is 4.57. The summed E-state index contributed by atoms with van der Waals surface area (Å²) in [6.07, 6.45) is 3.72. The maximum Gasteiger partial charge on any atom is 0.251 e. The van der Waals surface area contributed by atoms with Gasteiger partial charge in [-0.25, -0.2) is 0 Å². The van der Waals surface area contributed by atoms with Crippen LogP contribution in [0.15, 0.2) is 0 Å². The predicted octanol–water partition coefficient (Wildman–Crippen LogP) is 2.03. The molecule has 1 aromatic heterocycles. The van der Waals surface area contributed by atoms with Gasteiger partial charge in [0, 0.05) is 6.61 Å². The minimum atomic E-state index is 0.115. The summed E-state index contributed by atoms with van der Waals surface area (Å²) in [6.45, 7) is 5.26. The molecule has 5 heteroatoms. The first kappa shape index (κ1) is 13.8. The van der Waals surface area contributed by atoms with Crippen LogP contribution in [-0.4, -0.2) is 29.5 Å². The van der Waals surface area contributed by atoms with Gasteiger partial charge in [-0.15, -0.1) is 5.10 Å². The highest BCUT2D eigenvalue weighted by atomic mass is 16.5. The van der Waals surface area contributed by atoms with Crippen molar-refractivity contribution in [2.24, 2.45) is 0 Å². The van der Waals surface area contributed by atoms with Crippen molar-refractivity contribution >= 4 is 0 Å². The Labute approximate surface area is 113 Å². The molecule has 19 heavy (non-hydrogen) atoms. The molecule has 0 aromatic carbocycles. The minimum Gasteiger partial charge on any atom is -0.473 e. The lowest BCUT2D eigenvalue weighted by Crippen LogP contribution is -2.18. The van der Waals surface area contributed by atoms with Crippen molar-refractivity contribution in [3.8, 4) is 11.9 Å². The third-order valence-corrected chi connectivity index (χ3v) is 3.36. The van der Waals surface area contributed by atoms with Gasteiger partial charge in [-0.3, -0.25) is 0 Å². The van der Waals surface area contributed by atoms with E-state index in [2.05, 4.69) is 16.3 Å². The number of aromatic nitrogens is 2. The molecule has 2 rings (SSSR count). The highest BCUT2D eigenvalue weighted by molar-refractivity contribution is 5.46. The molecule has 1 aliphatic heterocycles. The Morgan fingerprint density at radius 1 is 1.37 bits per heavy atom. The Morgan fingerprint density at radius 2 is 2.21 bits per heavy atom. The molecule has 102 valence electrons. The monoisotopic (exact) mass is 261 g/mol. The van der Waals surface area contributed by atoms with E-state index in [9.17, 15) is 5.26 Å². The van der Waals surface area contributed by atoms with Crippen LogP contribution in [-0.2, 0) is 17.6 Å². The van der Waals surface area contributed by atoms with Crippen LogP contribution in [0.2, 0.25) is 0 Å². The lowest BCUT2D eigenvalue weighted by atomic mass is 10.0. The van der Waals surface area contributed by atoms with Crippen molar-refractivity contribution in [2.75, 3.05) is 13.2 Å². The van der Waals surface area contributed by atoms with Gasteiger partial charge in [-0.2, -0.15) is 10.4 Å². The van der Waals surface area contributed by atoms with Crippen molar-refractivity contribution in [3.05, 3.63) is 16.8 Å². The third-order valence-electron chi connectivity index (χ3n) is 3.36. The van der Waals surface area contributed by atoms with E-state index in [4.69, 9.17) is 9.47 Å². The van der Waals surface area contributed by atoms with Crippen molar-refractivity contribution in [2.45, 2.75) is 45.6 Å². The summed E-state index contributed by atoms with van der Waals surface area (Å²) in [4.78, 5) is 0. The van der Waals surface area contributed by atoms with Crippen LogP contribution in [0.4, 0.5) is 0 Å². The van der Waals surface area contributed by atoms with Gasteiger partial charge in [0.2, 0.25) is 0 Å². The van der Waals surface area contributed by atoms with Crippen LogP contribution in [0.3, 0.4) is 0 Å². The van der Waals surface area contributed by atoms with Crippen LogP contribution in [0.1, 0.15) is 43.5 Å². The van der Waals surface area contributed by atoms with Gasteiger partial charge in [0.05, 0.1) is 11.8 Å². The SMILES string of the molecule is CCc1nnc(OCC2CCCO2)c(C#N)c1CC. The van der Waals surface area contributed by atoms with E-state index >= 15 is 0 Å². The molecule has 0 N–H and O–H groups in total. The molecule has 0 saturated carbocycles. The standard InChI is InChI=1S/C14H19N3O2/c1-3-11-12(8-15)14(17-16-13(11)4-2)19-9-10-6-5-7-18-10/h10H,3-7,9H2,1-2H3. The Hall–Kier alpha value is -1.67. The second kappa shape index (κ2) is 6.48. The van der Waals surface area contributed by atoms with Crippen LogP contribution >= 0.6 is 0 Å². The van der Waals surface area contributed by atoms with Crippen LogP contribution < -0.4 is 4.74 Å². The molecular formula is C14H19N3O2. The average Bonchev–Trinajstić information content (AvgIpc) is 2.96. The summed E-state index contributed by atoms with van der Waals surface area (Å²) in [6, 6.07) is 2.20. The molecule has 5 nitrogen and oxygen atoms in total. The Morgan fingerprint density at radius 3 is 2.79 bits per heavy atom. The fourth-order valence-electron chi connectivity index (χ4n) is 2.32. The van der Waals surface area contributed by atoms with Crippen molar-refractivity contribution in [1.82, 2.24) is 10.2 Å². The van der Waals surface area contributed by atoms with Crippen molar-refractivity contribution in [1.29, 1.82) is 5.26 Å². The van der Waals surface area contributed by atoms with Gasteiger partial charge in [-0.05, 0) is 31.2 Å². The molecule has 0 bridgehead atoms. The zero-order chi connectivity index (χ0) is 13.7. The molecule has 1 saturated heterocycles. The smallest absolute Gasteiger partial charge is 0.251 e. The number of aryl methyl sites for hydroxylation is 1. The van der Waals surface area contributed by atoms with Crippen LogP contribution in [0.25, 0.3) is 0 Å². The minimum absolute atomic E-state index is 0.115. The number of rotatable bonds is 5. The zero-order valence-corrected chi connectivity index (χ0v) is 11.5. The lowest BCUT2D eigenvalue weighted by molar-refractivity contribution is 0.0658. The molecule has 1 atom stereocenters. The number of nitriles is 1. The Balaban J connectivity index is 2.17. The second-order valence-electron chi connectivity index (χ2n) is 4.57. The predicted molar refractivity (Wildman–Crippen MR) is 70.0 cm³/mol. The van der Waals surface area contributed by atoms with Crippen molar-refractivity contribution in [3.63, 3.8) is 0 Å². The van der Waals surface area contributed by atoms with Gasteiger partial charge >= 0.3 is 0 Å². The summed E-state index contributed by atoms with van der Waals surface area (Å²) in [5.41, 5.74) is 2.35. The fraction of sp³-hybridized carbons (Fsp3) is 0.643. The maximum atomic E-state index is 9.31. The van der Waals surface area contributed by atoms with E-state index in [1.54, 1.807) is 0 Å². The average molecular weight is 261 g/mol. The summed E-state index contributed by atoms with van der Waals surface area (Å²) >= 11 is 0. The quantitative estimate of drug-likeness (QED) is 0.811. The zero-order valence-electron chi connectivity index (χ0n) is 11.5. The molecule has 2 heterocycles. The maximum absolute atomic E-state index is 9.31. The number of hydrogen-bond acceptors (Lipinski definition) is 5. The first-order chi connectivity index (χ1) is 9.30. The number of nitrogens with zero attached hydrogens (tertiary/aromatic N) is 3. The highest BCUT2D eigenvalue weighted by Crippen LogP contribution is 2.22. The normalized spacial score (nSPS) is 18.3. The number of hydrogen-bond donors (Lipinski definition) is 0. The molecular weight excluding hydrogens is 242 g/mol. The summed E-state index contributed by atoms with van der Waals surface area (Å²) in [5, 5.41) is 17.5. The number of ether oxygens (including phenoxy) is 2. The molecule has 0 amide bonds. The van der Waals surface area contributed by atoms with E-state index in [0.29, 0.717) is 18.1 Å². The van der Waals surface area contributed by atoms with Gasteiger partial charge in [0.25, 0.3) is 5.88 Å². The first-order valence-electron chi connectivity index (χ1n) is 6.83.